The summed E-state index contributed by atoms with van der Waals surface area (Å²) in [6.45, 7) is 0. The van der Waals surface area contributed by atoms with E-state index in [2.05, 4.69) is 15.3 Å². The number of nitrogens with two attached hydrogens (primary N) is 1. The van der Waals surface area contributed by atoms with Crippen molar-refractivity contribution in [3.8, 4) is 17.6 Å². The summed E-state index contributed by atoms with van der Waals surface area (Å²) < 4.78 is 9.57. The standard InChI is InChI=1S/C13H15N5O4/c1-21-10-4-7(5-11(19)22-2)3-8(12(10)20)17-18-9(6-14)13(15)16/h3-4,17,20H,5H2,1-2H3,(H3,15,16)/b18-9+. The number of aromatic hydroxyl groups is 1. The van der Waals surface area contributed by atoms with Gasteiger partial charge < -0.3 is 20.3 Å². The van der Waals surface area contributed by atoms with Gasteiger partial charge in [-0.25, -0.2) is 0 Å². The molecule has 0 atom stereocenters. The fraction of sp³-hybridized carbons (Fsp3) is 0.231. The number of methoxy groups -OCH3 is 2. The first kappa shape index (κ1) is 16.8. The van der Waals surface area contributed by atoms with Gasteiger partial charge in [-0.3, -0.25) is 15.6 Å². The van der Waals surface area contributed by atoms with Crippen LogP contribution in [0.15, 0.2) is 17.2 Å². The SMILES string of the molecule is COC(=O)Cc1cc(N/N=C(\C#N)C(=N)N)c(O)c(OC)c1. The topological polar surface area (TPSA) is 154 Å². The molecule has 0 aromatic heterocycles. The van der Waals surface area contributed by atoms with E-state index in [0.29, 0.717) is 5.56 Å². The molecule has 9 nitrogen and oxygen atoms in total. The molecule has 0 spiro atoms. The van der Waals surface area contributed by atoms with Crippen LogP contribution in [0.1, 0.15) is 5.56 Å². The van der Waals surface area contributed by atoms with Crippen LogP contribution in [0.5, 0.6) is 11.5 Å². The maximum Gasteiger partial charge on any atom is 0.309 e. The van der Waals surface area contributed by atoms with Crippen LogP contribution >= 0.6 is 0 Å². The van der Waals surface area contributed by atoms with Gasteiger partial charge in [0.15, 0.2) is 17.3 Å². The Bertz CT molecular complexity index is 663. The van der Waals surface area contributed by atoms with Crippen molar-refractivity contribution >= 4 is 23.2 Å². The van der Waals surface area contributed by atoms with E-state index >= 15 is 0 Å². The lowest BCUT2D eigenvalue weighted by Gasteiger charge is -2.11. The molecule has 116 valence electrons. The number of benzene rings is 1. The van der Waals surface area contributed by atoms with Crippen LogP contribution in [0.25, 0.3) is 0 Å². The van der Waals surface area contributed by atoms with Crippen molar-refractivity contribution in [3.05, 3.63) is 17.7 Å². The molecule has 0 heterocycles. The lowest BCUT2D eigenvalue weighted by molar-refractivity contribution is -0.139. The Morgan fingerprint density at radius 1 is 1.55 bits per heavy atom. The number of hydrogen-bond donors (Lipinski definition) is 4. The molecule has 9 heteroatoms. The highest BCUT2D eigenvalue weighted by atomic mass is 16.5. The minimum Gasteiger partial charge on any atom is -0.503 e. The zero-order valence-corrected chi connectivity index (χ0v) is 12.0. The average molecular weight is 305 g/mol. The second kappa shape index (κ2) is 7.49. The van der Waals surface area contributed by atoms with E-state index in [9.17, 15) is 9.90 Å². The molecule has 1 aromatic carbocycles. The van der Waals surface area contributed by atoms with Crippen molar-refractivity contribution in [3.63, 3.8) is 0 Å². The monoisotopic (exact) mass is 305 g/mol. The molecule has 0 aliphatic rings. The van der Waals surface area contributed by atoms with Gasteiger partial charge in [0.05, 0.1) is 20.6 Å². The lowest BCUT2D eigenvalue weighted by atomic mass is 10.1. The highest BCUT2D eigenvalue weighted by Crippen LogP contribution is 2.35. The molecule has 0 saturated carbocycles. The van der Waals surface area contributed by atoms with Gasteiger partial charge in [-0.2, -0.15) is 10.4 Å². The van der Waals surface area contributed by atoms with E-state index in [1.165, 1.54) is 26.4 Å². The summed E-state index contributed by atoms with van der Waals surface area (Å²) in [5, 5.41) is 29.5. The van der Waals surface area contributed by atoms with Crippen molar-refractivity contribution in [2.45, 2.75) is 6.42 Å². The molecule has 1 aromatic rings. The predicted molar refractivity (Wildman–Crippen MR) is 79.0 cm³/mol. The van der Waals surface area contributed by atoms with E-state index in [1.54, 1.807) is 6.07 Å². The van der Waals surface area contributed by atoms with Crippen molar-refractivity contribution in [1.82, 2.24) is 0 Å². The van der Waals surface area contributed by atoms with Gasteiger partial charge in [0.1, 0.15) is 11.8 Å². The first-order chi connectivity index (χ1) is 10.4. The second-order valence-corrected chi connectivity index (χ2v) is 4.04. The smallest absolute Gasteiger partial charge is 0.309 e. The van der Waals surface area contributed by atoms with Gasteiger partial charge in [0.2, 0.25) is 5.71 Å². The van der Waals surface area contributed by atoms with Gasteiger partial charge >= 0.3 is 5.97 Å². The Morgan fingerprint density at radius 3 is 2.73 bits per heavy atom. The van der Waals surface area contributed by atoms with Crippen molar-refractivity contribution < 1.29 is 19.4 Å². The van der Waals surface area contributed by atoms with Crippen LogP contribution in [0.3, 0.4) is 0 Å². The number of amidine groups is 1. The van der Waals surface area contributed by atoms with E-state index in [-0.39, 0.29) is 29.3 Å². The Labute approximate surface area is 126 Å². The van der Waals surface area contributed by atoms with Crippen molar-refractivity contribution in [1.29, 1.82) is 10.7 Å². The summed E-state index contributed by atoms with van der Waals surface area (Å²) in [4.78, 5) is 11.3. The Morgan fingerprint density at radius 2 is 2.23 bits per heavy atom. The number of hydrazone groups is 1. The highest BCUT2D eigenvalue weighted by Gasteiger charge is 2.13. The second-order valence-electron chi connectivity index (χ2n) is 4.04. The largest absolute Gasteiger partial charge is 0.503 e. The molecule has 5 N–H and O–H groups in total. The average Bonchev–Trinajstić information content (AvgIpc) is 2.49. The first-order valence-electron chi connectivity index (χ1n) is 5.97. The number of phenols is 1. The zero-order chi connectivity index (χ0) is 16.7. The Hall–Kier alpha value is -3.28. The number of esters is 1. The summed E-state index contributed by atoms with van der Waals surface area (Å²) >= 11 is 0. The molecular formula is C13H15N5O4. The van der Waals surface area contributed by atoms with E-state index in [1.807, 2.05) is 0 Å². The van der Waals surface area contributed by atoms with Crippen LogP contribution in [0.4, 0.5) is 5.69 Å². The molecule has 0 fully saturated rings. The number of ether oxygens (including phenoxy) is 2. The summed E-state index contributed by atoms with van der Waals surface area (Å²) in [7, 11) is 2.61. The molecule has 0 amide bonds. The van der Waals surface area contributed by atoms with Crippen molar-refractivity contribution in [2.24, 2.45) is 10.8 Å². The van der Waals surface area contributed by atoms with Gasteiger partial charge in [-0.1, -0.05) is 0 Å². The normalized spacial score (nSPS) is 10.5. The van der Waals surface area contributed by atoms with Gasteiger partial charge in [0, 0.05) is 0 Å². The number of anilines is 1. The lowest BCUT2D eigenvalue weighted by Crippen LogP contribution is -2.21. The van der Waals surface area contributed by atoms with E-state index in [4.69, 9.17) is 21.1 Å². The minimum absolute atomic E-state index is 0.0383. The predicted octanol–water partition coefficient (Wildman–Crippen LogP) is 0.344. The van der Waals surface area contributed by atoms with Crippen LogP contribution in [-0.4, -0.2) is 36.8 Å². The molecule has 0 bridgehead atoms. The molecule has 1 rings (SSSR count). The number of nitrogens with zero attached hydrogens (tertiary/aromatic N) is 2. The summed E-state index contributed by atoms with van der Waals surface area (Å²) in [5.74, 6) is -1.14. The third kappa shape index (κ3) is 4.11. The Balaban J connectivity index is 3.17. The highest BCUT2D eigenvalue weighted by molar-refractivity contribution is 6.45. The molecule has 0 saturated heterocycles. The van der Waals surface area contributed by atoms with E-state index in [0.717, 1.165) is 0 Å². The fourth-order valence-corrected chi connectivity index (χ4v) is 1.51. The minimum atomic E-state index is -0.521. The number of carbonyl (C=O) groups excluding carboxylic acids is 1. The first-order valence-corrected chi connectivity index (χ1v) is 5.97. The number of hydrogen-bond acceptors (Lipinski definition) is 8. The molecule has 0 aliphatic heterocycles. The molecule has 0 unspecified atom stereocenters. The number of phenolic OH excluding ortho intramolecular Hbond substituents is 1. The van der Waals surface area contributed by atoms with Crippen LogP contribution < -0.4 is 15.9 Å². The summed E-state index contributed by atoms with van der Waals surface area (Å²) in [5.41, 5.74) is 7.82. The molecule has 0 aliphatic carbocycles. The zero-order valence-electron chi connectivity index (χ0n) is 12.0. The number of carbonyl (C=O) groups is 1. The van der Waals surface area contributed by atoms with Crippen LogP contribution in [-0.2, 0) is 16.0 Å². The Kier molecular flexibility index (Phi) is 5.71. The van der Waals surface area contributed by atoms with Crippen molar-refractivity contribution in [2.75, 3.05) is 19.6 Å². The third-order valence-electron chi connectivity index (χ3n) is 2.58. The molecular weight excluding hydrogens is 290 g/mol. The molecule has 22 heavy (non-hydrogen) atoms. The van der Waals surface area contributed by atoms with Gasteiger partial charge in [-0.05, 0) is 17.7 Å². The fourth-order valence-electron chi connectivity index (χ4n) is 1.51. The van der Waals surface area contributed by atoms with Gasteiger partial charge in [0.25, 0.3) is 0 Å². The molecule has 0 radical (unpaired) electrons. The summed E-state index contributed by atoms with van der Waals surface area (Å²) in [6.07, 6.45) is -0.0383. The quantitative estimate of drug-likeness (QED) is 0.194. The maximum absolute atomic E-state index is 11.3. The van der Waals surface area contributed by atoms with E-state index < -0.39 is 11.8 Å². The van der Waals surface area contributed by atoms with Crippen LogP contribution in [0.2, 0.25) is 0 Å². The van der Waals surface area contributed by atoms with Gasteiger partial charge in [-0.15, -0.1) is 0 Å². The third-order valence-corrected chi connectivity index (χ3v) is 2.58. The number of rotatable bonds is 6. The summed E-state index contributed by atoms with van der Waals surface area (Å²) in [6, 6.07) is 4.53. The number of nitriles is 1. The number of nitrogens with one attached hydrogen (secondary N) is 2. The van der Waals surface area contributed by atoms with Crippen LogP contribution in [0, 0.1) is 16.7 Å². The maximum atomic E-state index is 11.3.